The summed E-state index contributed by atoms with van der Waals surface area (Å²) in [7, 11) is 0. The number of benzene rings is 1. The van der Waals surface area contributed by atoms with E-state index < -0.39 is 12.0 Å². The first kappa shape index (κ1) is 16.4. The molecule has 24 heavy (non-hydrogen) atoms. The Bertz CT molecular complexity index is 655. The highest BCUT2D eigenvalue weighted by molar-refractivity contribution is 5.95. The summed E-state index contributed by atoms with van der Waals surface area (Å²) in [6, 6.07) is 11.9. The third-order valence-corrected chi connectivity index (χ3v) is 4.33. The first-order valence-corrected chi connectivity index (χ1v) is 8.37. The number of ether oxygens (including phenoxy) is 1. The number of carbonyl (C=O) groups excluding carboxylic acids is 1. The monoisotopic (exact) mass is 328 g/mol. The third-order valence-electron chi connectivity index (χ3n) is 4.33. The Morgan fingerprint density at radius 3 is 2.50 bits per heavy atom. The van der Waals surface area contributed by atoms with Crippen molar-refractivity contribution in [2.75, 3.05) is 11.5 Å². The van der Waals surface area contributed by atoms with Gasteiger partial charge in [0.2, 0.25) is 5.95 Å². The van der Waals surface area contributed by atoms with Crippen molar-refractivity contribution in [3.63, 3.8) is 0 Å². The number of aromatic nitrogens is 1. The van der Waals surface area contributed by atoms with Crippen molar-refractivity contribution >= 4 is 17.5 Å². The first-order chi connectivity index (χ1) is 11.7. The van der Waals surface area contributed by atoms with Gasteiger partial charge in [0.25, 0.3) is 0 Å². The van der Waals surface area contributed by atoms with Gasteiger partial charge in [0.05, 0.1) is 24.2 Å². The zero-order valence-electron chi connectivity index (χ0n) is 13.5. The highest BCUT2D eigenvalue weighted by Gasteiger charge is 2.22. The molecule has 1 fully saturated rings. The molecular formula is C19H21FN2O2. The maximum atomic E-state index is 13.1. The van der Waals surface area contributed by atoms with Crippen molar-refractivity contribution in [2.45, 2.75) is 32.1 Å². The second-order valence-corrected chi connectivity index (χ2v) is 6.09. The summed E-state index contributed by atoms with van der Waals surface area (Å²) in [5, 5.41) is 0. The molecule has 5 heteroatoms. The third kappa shape index (κ3) is 4.10. The molecule has 1 aromatic heterocycles. The zero-order valence-corrected chi connectivity index (χ0v) is 13.5. The molecule has 126 valence electrons. The van der Waals surface area contributed by atoms with Crippen LogP contribution < -0.4 is 4.90 Å². The average molecular weight is 328 g/mol. The molecule has 0 unspecified atom stereocenters. The molecule has 3 rings (SSSR count). The van der Waals surface area contributed by atoms with E-state index in [4.69, 9.17) is 4.74 Å². The minimum atomic E-state index is -0.581. The number of nitrogens with zero attached hydrogens (tertiary/aromatic N) is 2. The molecule has 0 N–H and O–H groups in total. The number of anilines is 2. The molecule has 1 heterocycles. The summed E-state index contributed by atoms with van der Waals surface area (Å²) >= 11 is 0. The molecule has 0 spiro atoms. The van der Waals surface area contributed by atoms with Gasteiger partial charge in [0.15, 0.2) is 0 Å². The van der Waals surface area contributed by atoms with E-state index >= 15 is 0 Å². The largest absolute Gasteiger partial charge is 0.449 e. The number of rotatable bonds is 4. The summed E-state index contributed by atoms with van der Waals surface area (Å²) in [5.41, 5.74) is 1.15. The predicted molar refractivity (Wildman–Crippen MR) is 90.7 cm³/mol. The lowest BCUT2D eigenvalue weighted by molar-refractivity contribution is 0.124. The lowest BCUT2D eigenvalue weighted by Crippen LogP contribution is -2.29. The molecule has 1 saturated carbocycles. The van der Waals surface area contributed by atoms with Crippen LogP contribution in [-0.2, 0) is 4.74 Å². The molecule has 0 bridgehead atoms. The fraction of sp³-hybridized carbons (Fsp3) is 0.368. The highest BCUT2D eigenvalue weighted by atomic mass is 19.1. The van der Waals surface area contributed by atoms with E-state index in [1.54, 1.807) is 0 Å². The molecule has 0 atom stereocenters. The van der Waals surface area contributed by atoms with E-state index in [0.29, 0.717) is 23.9 Å². The molecule has 0 radical (unpaired) electrons. The van der Waals surface area contributed by atoms with E-state index in [1.807, 2.05) is 30.3 Å². The standard InChI is InChI=1S/C19H21FN2O2/c20-18-12-11-17(13-21-18)22(16-9-5-2-6-10-16)19(23)24-14-15-7-3-1-4-8-15/h2,5-6,9-13,15H,1,3-4,7-8,14H2. The van der Waals surface area contributed by atoms with Crippen molar-refractivity contribution in [1.29, 1.82) is 0 Å². The van der Waals surface area contributed by atoms with Crippen LogP contribution in [-0.4, -0.2) is 17.7 Å². The van der Waals surface area contributed by atoms with Crippen molar-refractivity contribution in [2.24, 2.45) is 5.92 Å². The second-order valence-electron chi connectivity index (χ2n) is 6.09. The number of hydrogen-bond donors (Lipinski definition) is 0. The summed E-state index contributed by atoms with van der Waals surface area (Å²) in [5.74, 6) is -0.144. The smallest absolute Gasteiger partial charge is 0.419 e. The summed E-state index contributed by atoms with van der Waals surface area (Å²) in [6.07, 6.45) is 6.76. The maximum Gasteiger partial charge on any atom is 0.419 e. The number of hydrogen-bond acceptors (Lipinski definition) is 3. The van der Waals surface area contributed by atoms with Gasteiger partial charge >= 0.3 is 6.09 Å². The van der Waals surface area contributed by atoms with Crippen LogP contribution in [0.15, 0.2) is 48.7 Å². The van der Waals surface area contributed by atoms with Gasteiger partial charge in [-0.15, -0.1) is 0 Å². The second kappa shape index (κ2) is 7.90. The van der Waals surface area contributed by atoms with Crippen LogP contribution in [0.1, 0.15) is 32.1 Å². The van der Waals surface area contributed by atoms with Crippen molar-refractivity contribution in [3.05, 3.63) is 54.6 Å². The first-order valence-electron chi connectivity index (χ1n) is 8.37. The van der Waals surface area contributed by atoms with Gasteiger partial charge in [-0.1, -0.05) is 37.5 Å². The Hall–Kier alpha value is -2.43. The molecule has 2 aromatic rings. The zero-order chi connectivity index (χ0) is 16.8. The Balaban J connectivity index is 1.76. The molecule has 1 amide bonds. The van der Waals surface area contributed by atoms with Crippen molar-refractivity contribution in [3.8, 4) is 0 Å². The van der Waals surface area contributed by atoms with Gasteiger partial charge in [-0.25, -0.2) is 14.7 Å². The van der Waals surface area contributed by atoms with Crippen LogP contribution in [0, 0.1) is 11.9 Å². The number of pyridine rings is 1. The topological polar surface area (TPSA) is 42.4 Å². The Morgan fingerprint density at radius 1 is 1.08 bits per heavy atom. The number of amides is 1. The van der Waals surface area contributed by atoms with E-state index in [0.717, 1.165) is 12.8 Å². The van der Waals surface area contributed by atoms with Gasteiger partial charge in [-0.3, -0.25) is 0 Å². The van der Waals surface area contributed by atoms with Gasteiger partial charge in [-0.05, 0) is 43.0 Å². The maximum absolute atomic E-state index is 13.1. The van der Waals surface area contributed by atoms with Gasteiger partial charge in [0.1, 0.15) is 0 Å². The SMILES string of the molecule is O=C(OCC1CCCCC1)N(c1ccccc1)c1ccc(F)nc1. The Kier molecular flexibility index (Phi) is 5.41. The van der Waals surface area contributed by atoms with Gasteiger partial charge in [0, 0.05) is 0 Å². The lowest BCUT2D eigenvalue weighted by atomic mass is 9.90. The van der Waals surface area contributed by atoms with E-state index in [-0.39, 0.29) is 0 Å². The molecule has 0 saturated heterocycles. The molecular weight excluding hydrogens is 307 g/mol. The minimum Gasteiger partial charge on any atom is -0.449 e. The fourth-order valence-electron chi connectivity index (χ4n) is 3.04. The van der Waals surface area contributed by atoms with E-state index in [9.17, 15) is 9.18 Å². The molecule has 0 aliphatic heterocycles. The summed E-state index contributed by atoms with van der Waals surface area (Å²) < 4.78 is 18.6. The van der Waals surface area contributed by atoms with Crippen LogP contribution in [0.2, 0.25) is 0 Å². The highest BCUT2D eigenvalue weighted by Crippen LogP contribution is 2.27. The molecule has 1 aromatic carbocycles. The molecule has 1 aliphatic carbocycles. The van der Waals surface area contributed by atoms with Crippen molar-refractivity contribution in [1.82, 2.24) is 4.98 Å². The Labute approximate surface area is 141 Å². The fourth-order valence-corrected chi connectivity index (χ4v) is 3.04. The van der Waals surface area contributed by atoms with E-state index in [1.165, 1.54) is 42.5 Å². The minimum absolute atomic E-state index is 0.427. The van der Waals surface area contributed by atoms with Crippen molar-refractivity contribution < 1.29 is 13.9 Å². The normalized spacial score (nSPS) is 15.0. The van der Waals surface area contributed by atoms with Crippen LogP contribution in [0.4, 0.5) is 20.6 Å². The lowest BCUT2D eigenvalue weighted by Gasteiger charge is -2.25. The van der Waals surface area contributed by atoms with Gasteiger partial charge < -0.3 is 4.74 Å². The molecule has 1 aliphatic rings. The number of halogens is 1. The predicted octanol–water partition coefficient (Wildman–Crippen LogP) is 5.08. The number of carbonyl (C=O) groups is 1. The van der Waals surface area contributed by atoms with E-state index in [2.05, 4.69) is 4.98 Å². The quantitative estimate of drug-likeness (QED) is 0.735. The van der Waals surface area contributed by atoms with Crippen LogP contribution in [0.25, 0.3) is 0 Å². The number of para-hydroxylation sites is 1. The average Bonchev–Trinajstić information content (AvgIpc) is 2.64. The van der Waals surface area contributed by atoms with Crippen LogP contribution >= 0.6 is 0 Å². The van der Waals surface area contributed by atoms with Gasteiger partial charge in [-0.2, -0.15) is 4.39 Å². The van der Waals surface area contributed by atoms with Crippen LogP contribution in [0.3, 0.4) is 0 Å². The summed E-state index contributed by atoms with van der Waals surface area (Å²) in [6.45, 7) is 0.427. The van der Waals surface area contributed by atoms with Crippen LogP contribution in [0.5, 0.6) is 0 Å². The molecule has 4 nitrogen and oxygen atoms in total. The summed E-state index contributed by atoms with van der Waals surface area (Å²) in [4.78, 5) is 17.7. The Morgan fingerprint density at radius 2 is 1.83 bits per heavy atom.